The highest BCUT2D eigenvalue weighted by Crippen LogP contribution is 2.26. The third kappa shape index (κ3) is 2.69. The Morgan fingerprint density at radius 1 is 1.14 bits per heavy atom. The Bertz CT molecular complexity index is 829. The summed E-state index contributed by atoms with van der Waals surface area (Å²) in [5.41, 5.74) is 7.86. The molecule has 0 spiro atoms. The molecule has 1 aromatic heterocycles. The molecule has 0 amide bonds. The van der Waals surface area contributed by atoms with Crippen molar-refractivity contribution in [3.63, 3.8) is 0 Å². The highest BCUT2D eigenvalue weighted by atomic mass is 16.5. The maximum absolute atomic E-state index is 11.4. The summed E-state index contributed by atoms with van der Waals surface area (Å²) in [5.74, 6) is 0.383. The van der Waals surface area contributed by atoms with Gasteiger partial charge in [0.15, 0.2) is 0 Å². The monoisotopic (exact) mass is 293 g/mol. The molecule has 0 saturated heterocycles. The summed E-state index contributed by atoms with van der Waals surface area (Å²) >= 11 is 0. The van der Waals surface area contributed by atoms with Crippen LogP contribution in [0.25, 0.3) is 10.8 Å². The van der Waals surface area contributed by atoms with Crippen molar-refractivity contribution in [2.24, 2.45) is 0 Å². The number of nitrogens with one attached hydrogen (secondary N) is 1. The minimum absolute atomic E-state index is 0.356. The molecule has 3 N–H and O–H groups in total. The first kappa shape index (κ1) is 13.9. The summed E-state index contributed by atoms with van der Waals surface area (Å²) in [7, 11) is 1.36. The number of carbonyl (C=O) groups is 1. The zero-order valence-electron chi connectivity index (χ0n) is 12.0. The lowest BCUT2D eigenvalue weighted by molar-refractivity contribution is 0.0601. The van der Waals surface area contributed by atoms with E-state index in [9.17, 15) is 4.79 Å². The average Bonchev–Trinajstić information content (AvgIpc) is 2.55. The number of ether oxygens (including phenoxy) is 1. The van der Waals surface area contributed by atoms with Gasteiger partial charge in [0.1, 0.15) is 5.82 Å². The van der Waals surface area contributed by atoms with Gasteiger partial charge in [0.25, 0.3) is 0 Å². The van der Waals surface area contributed by atoms with Crippen LogP contribution in [0.15, 0.2) is 54.7 Å². The van der Waals surface area contributed by atoms with Crippen LogP contribution in [0.5, 0.6) is 0 Å². The van der Waals surface area contributed by atoms with Gasteiger partial charge in [0.2, 0.25) is 0 Å². The molecule has 0 aliphatic rings. The number of hydrogen-bond donors (Lipinski definition) is 2. The van der Waals surface area contributed by atoms with Gasteiger partial charge in [-0.3, -0.25) is 0 Å². The lowest BCUT2D eigenvalue weighted by Gasteiger charge is -2.09. The Morgan fingerprint density at radius 2 is 1.91 bits per heavy atom. The third-order valence-corrected chi connectivity index (χ3v) is 3.36. The predicted molar refractivity (Wildman–Crippen MR) is 87.2 cm³/mol. The molecule has 5 nitrogen and oxygen atoms in total. The number of pyridine rings is 1. The Balaban J connectivity index is 1.91. The fourth-order valence-corrected chi connectivity index (χ4v) is 2.24. The Labute approximate surface area is 127 Å². The number of anilines is 3. The second kappa shape index (κ2) is 5.73. The Hall–Kier alpha value is -3.08. The van der Waals surface area contributed by atoms with E-state index in [0.717, 1.165) is 22.3 Å². The lowest BCUT2D eigenvalue weighted by Crippen LogP contribution is -2.01. The molecule has 0 bridgehead atoms. The number of methoxy groups -OCH3 is 1. The first-order valence-electron chi connectivity index (χ1n) is 6.77. The van der Waals surface area contributed by atoms with E-state index < -0.39 is 0 Å². The number of rotatable bonds is 3. The van der Waals surface area contributed by atoms with Gasteiger partial charge < -0.3 is 15.8 Å². The quantitative estimate of drug-likeness (QED) is 0.572. The van der Waals surface area contributed by atoms with Crippen molar-refractivity contribution < 1.29 is 9.53 Å². The van der Waals surface area contributed by atoms with Gasteiger partial charge in [-0.1, -0.05) is 0 Å². The third-order valence-electron chi connectivity index (χ3n) is 3.36. The SMILES string of the molecule is COC(=O)c1ccc(Nc2nccc3cc(N)ccc23)cc1. The van der Waals surface area contributed by atoms with Crippen molar-refractivity contribution >= 4 is 33.9 Å². The first-order valence-corrected chi connectivity index (χ1v) is 6.77. The van der Waals surface area contributed by atoms with Crippen LogP contribution in [0.1, 0.15) is 10.4 Å². The molecule has 0 aliphatic carbocycles. The smallest absolute Gasteiger partial charge is 0.337 e. The van der Waals surface area contributed by atoms with Crippen LogP contribution in [0.4, 0.5) is 17.2 Å². The van der Waals surface area contributed by atoms with E-state index in [4.69, 9.17) is 5.73 Å². The number of benzene rings is 2. The molecule has 3 aromatic rings. The van der Waals surface area contributed by atoms with Gasteiger partial charge in [-0.25, -0.2) is 9.78 Å². The molecule has 0 aliphatic heterocycles. The average molecular weight is 293 g/mol. The van der Waals surface area contributed by atoms with Crippen molar-refractivity contribution in [2.75, 3.05) is 18.2 Å². The minimum Gasteiger partial charge on any atom is -0.465 e. The van der Waals surface area contributed by atoms with Gasteiger partial charge in [0, 0.05) is 23.0 Å². The second-order valence-electron chi connectivity index (χ2n) is 4.83. The van der Waals surface area contributed by atoms with Crippen LogP contribution in [-0.4, -0.2) is 18.1 Å². The number of carbonyl (C=O) groups excluding carboxylic acids is 1. The maximum atomic E-state index is 11.4. The van der Waals surface area contributed by atoms with E-state index in [1.54, 1.807) is 18.3 Å². The summed E-state index contributed by atoms with van der Waals surface area (Å²) in [6.07, 6.45) is 1.73. The fraction of sp³-hybridized carbons (Fsp3) is 0.0588. The molecule has 0 radical (unpaired) electrons. The molecular formula is C17H15N3O2. The number of nitrogens with two attached hydrogens (primary N) is 1. The van der Waals surface area contributed by atoms with Gasteiger partial charge in [0.05, 0.1) is 12.7 Å². The van der Waals surface area contributed by atoms with Crippen molar-refractivity contribution in [1.82, 2.24) is 4.98 Å². The topological polar surface area (TPSA) is 77.2 Å². The molecule has 0 unspecified atom stereocenters. The number of nitrogen functional groups attached to an aromatic ring is 1. The van der Waals surface area contributed by atoms with E-state index in [1.807, 2.05) is 36.4 Å². The normalized spacial score (nSPS) is 10.4. The summed E-state index contributed by atoms with van der Waals surface area (Å²) in [6, 6.07) is 14.6. The van der Waals surface area contributed by atoms with Crippen molar-refractivity contribution in [3.8, 4) is 0 Å². The molecule has 0 atom stereocenters. The van der Waals surface area contributed by atoms with E-state index in [0.29, 0.717) is 11.3 Å². The van der Waals surface area contributed by atoms with Crippen LogP contribution in [0.3, 0.4) is 0 Å². The van der Waals surface area contributed by atoms with Gasteiger partial charge >= 0.3 is 5.97 Å². The van der Waals surface area contributed by atoms with E-state index in [-0.39, 0.29) is 5.97 Å². The zero-order valence-corrected chi connectivity index (χ0v) is 12.0. The highest BCUT2D eigenvalue weighted by Gasteiger charge is 2.06. The van der Waals surface area contributed by atoms with Crippen LogP contribution < -0.4 is 11.1 Å². The number of fused-ring (bicyclic) bond motifs is 1. The van der Waals surface area contributed by atoms with E-state index in [1.165, 1.54) is 7.11 Å². The molecule has 2 aromatic carbocycles. The van der Waals surface area contributed by atoms with Crippen LogP contribution >= 0.6 is 0 Å². The fourth-order valence-electron chi connectivity index (χ4n) is 2.24. The maximum Gasteiger partial charge on any atom is 0.337 e. The Morgan fingerprint density at radius 3 is 2.64 bits per heavy atom. The van der Waals surface area contributed by atoms with Crippen LogP contribution in [0, 0.1) is 0 Å². The van der Waals surface area contributed by atoms with Crippen LogP contribution in [-0.2, 0) is 4.74 Å². The number of aromatic nitrogens is 1. The summed E-state index contributed by atoms with van der Waals surface area (Å²) in [6.45, 7) is 0. The molecule has 3 rings (SSSR count). The molecule has 0 saturated carbocycles. The van der Waals surface area contributed by atoms with Gasteiger partial charge in [-0.15, -0.1) is 0 Å². The highest BCUT2D eigenvalue weighted by molar-refractivity contribution is 5.95. The van der Waals surface area contributed by atoms with Crippen LogP contribution in [0.2, 0.25) is 0 Å². The molecule has 110 valence electrons. The standard InChI is InChI=1S/C17H15N3O2/c1-22-17(21)11-2-5-14(6-3-11)20-16-15-7-4-13(18)10-12(15)8-9-19-16/h2-10H,18H2,1H3,(H,19,20). The second-order valence-corrected chi connectivity index (χ2v) is 4.83. The number of esters is 1. The first-order chi connectivity index (χ1) is 10.7. The minimum atomic E-state index is -0.356. The van der Waals surface area contributed by atoms with E-state index in [2.05, 4.69) is 15.0 Å². The molecule has 1 heterocycles. The molecule has 5 heteroatoms. The van der Waals surface area contributed by atoms with Gasteiger partial charge in [-0.05, 0) is 53.9 Å². The number of hydrogen-bond acceptors (Lipinski definition) is 5. The Kier molecular flexibility index (Phi) is 3.62. The van der Waals surface area contributed by atoms with E-state index >= 15 is 0 Å². The summed E-state index contributed by atoms with van der Waals surface area (Å²) in [4.78, 5) is 15.8. The lowest BCUT2D eigenvalue weighted by atomic mass is 10.1. The molecular weight excluding hydrogens is 278 g/mol. The molecule has 0 fully saturated rings. The predicted octanol–water partition coefficient (Wildman–Crippen LogP) is 3.35. The largest absolute Gasteiger partial charge is 0.465 e. The molecule has 22 heavy (non-hydrogen) atoms. The zero-order chi connectivity index (χ0) is 15.5. The van der Waals surface area contributed by atoms with Crippen molar-refractivity contribution in [3.05, 3.63) is 60.3 Å². The summed E-state index contributed by atoms with van der Waals surface area (Å²) in [5, 5.41) is 5.24. The van der Waals surface area contributed by atoms with Crippen molar-refractivity contribution in [2.45, 2.75) is 0 Å². The summed E-state index contributed by atoms with van der Waals surface area (Å²) < 4.78 is 4.68. The number of nitrogens with zero attached hydrogens (tertiary/aromatic N) is 1. The van der Waals surface area contributed by atoms with Gasteiger partial charge in [-0.2, -0.15) is 0 Å². The van der Waals surface area contributed by atoms with Crippen molar-refractivity contribution in [1.29, 1.82) is 0 Å².